The number of aryl methyl sites for hydroxylation is 2. The Labute approximate surface area is 276 Å². The third-order valence-corrected chi connectivity index (χ3v) is 10.3. The summed E-state index contributed by atoms with van der Waals surface area (Å²) in [6.07, 6.45) is 4.03. The van der Waals surface area contributed by atoms with Crippen LogP contribution in [0.4, 0.5) is 14.5 Å². The highest BCUT2D eigenvalue weighted by atomic mass is 32.2. The molecule has 0 unspecified atom stereocenters. The molecule has 0 amide bonds. The van der Waals surface area contributed by atoms with Crippen molar-refractivity contribution in [2.75, 3.05) is 18.1 Å². The standard InChI is InChI=1S/C34H31F2N5O5S2/c1-20-6-10-27(11-7-20)48(44,45)41-19-29(33-21(2)38-40(22(33)3)18-25-14-26(35)9-12-30(25)36)28-15-24(17-37-34(28)41)23-8-13-32(46-4)31(16-23)39-47(5,42)43/h6-17,19,39H,18H2,1-5H3. The molecule has 0 spiro atoms. The van der Waals surface area contributed by atoms with E-state index in [1.54, 1.807) is 54.9 Å². The third kappa shape index (κ3) is 6.16. The first-order valence-electron chi connectivity index (χ1n) is 14.6. The molecule has 14 heteroatoms. The second-order valence-corrected chi connectivity index (χ2v) is 15.0. The van der Waals surface area contributed by atoms with Crippen molar-refractivity contribution in [2.24, 2.45) is 0 Å². The van der Waals surface area contributed by atoms with Crippen molar-refractivity contribution in [2.45, 2.75) is 32.2 Å². The van der Waals surface area contributed by atoms with Crippen molar-refractivity contribution in [1.29, 1.82) is 0 Å². The van der Waals surface area contributed by atoms with Crippen LogP contribution in [0.1, 0.15) is 22.5 Å². The number of rotatable bonds is 9. The van der Waals surface area contributed by atoms with Crippen LogP contribution in [-0.4, -0.2) is 48.9 Å². The lowest BCUT2D eigenvalue weighted by Crippen LogP contribution is -2.12. The molecule has 0 aliphatic carbocycles. The number of methoxy groups -OCH3 is 1. The highest BCUT2D eigenvalue weighted by Gasteiger charge is 2.26. The van der Waals surface area contributed by atoms with Crippen LogP contribution in [-0.2, 0) is 26.6 Å². The normalized spacial score (nSPS) is 12.1. The zero-order valence-electron chi connectivity index (χ0n) is 26.6. The quantitative estimate of drug-likeness (QED) is 0.185. The van der Waals surface area contributed by atoms with E-state index in [0.29, 0.717) is 44.8 Å². The summed E-state index contributed by atoms with van der Waals surface area (Å²) in [5.74, 6) is -0.850. The first-order valence-corrected chi connectivity index (χ1v) is 18.0. The van der Waals surface area contributed by atoms with Gasteiger partial charge in [0.2, 0.25) is 10.0 Å². The predicted molar refractivity (Wildman–Crippen MR) is 180 cm³/mol. The first-order chi connectivity index (χ1) is 22.7. The number of halogens is 2. The number of fused-ring (bicyclic) bond motifs is 1. The molecule has 248 valence electrons. The molecule has 0 aliphatic rings. The topological polar surface area (TPSA) is 125 Å². The van der Waals surface area contributed by atoms with Gasteiger partial charge in [-0.2, -0.15) is 5.10 Å². The Bertz CT molecular complexity index is 2440. The van der Waals surface area contributed by atoms with E-state index in [1.165, 1.54) is 31.6 Å². The number of nitrogens with one attached hydrogen (secondary N) is 1. The van der Waals surface area contributed by atoms with Gasteiger partial charge in [0, 0.05) is 45.7 Å². The van der Waals surface area contributed by atoms with Gasteiger partial charge in [0.05, 0.1) is 36.2 Å². The molecule has 3 aromatic heterocycles. The summed E-state index contributed by atoms with van der Waals surface area (Å²) in [5.41, 5.74) is 4.76. The van der Waals surface area contributed by atoms with E-state index >= 15 is 0 Å². The monoisotopic (exact) mass is 691 g/mol. The zero-order valence-corrected chi connectivity index (χ0v) is 28.2. The average Bonchev–Trinajstić information content (AvgIpc) is 3.54. The van der Waals surface area contributed by atoms with Crippen molar-refractivity contribution < 1.29 is 30.4 Å². The minimum Gasteiger partial charge on any atom is -0.495 e. The van der Waals surface area contributed by atoms with Gasteiger partial charge in [-0.15, -0.1) is 0 Å². The van der Waals surface area contributed by atoms with Gasteiger partial charge in [0.1, 0.15) is 17.4 Å². The van der Waals surface area contributed by atoms with E-state index in [1.807, 2.05) is 6.92 Å². The maximum atomic E-state index is 14.6. The number of hydrogen-bond acceptors (Lipinski definition) is 7. The van der Waals surface area contributed by atoms with Gasteiger partial charge in [-0.3, -0.25) is 9.40 Å². The first kappa shape index (κ1) is 32.8. The predicted octanol–water partition coefficient (Wildman–Crippen LogP) is 6.44. The molecule has 48 heavy (non-hydrogen) atoms. The molecule has 0 saturated heterocycles. The SMILES string of the molecule is COc1ccc(-c2cnc3c(c2)c(-c2c(C)nn(Cc4cc(F)ccc4F)c2C)cn3S(=O)(=O)c2ccc(C)cc2)cc1NS(C)(=O)=O. The largest absolute Gasteiger partial charge is 0.495 e. The number of benzene rings is 3. The minimum absolute atomic E-state index is 0.0535. The fraction of sp³-hybridized carbons (Fsp3) is 0.176. The Kier molecular flexibility index (Phi) is 8.33. The fourth-order valence-corrected chi connectivity index (χ4v) is 7.56. The summed E-state index contributed by atoms with van der Waals surface area (Å²) in [6.45, 7) is 5.33. The molecule has 3 aromatic carbocycles. The molecule has 6 rings (SSSR count). The zero-order chi connectivity index (χ0) is 34.5. The van der Waals surface area contributed by atoms with Crippen LogP contribution in [0.5, 0.6) is 5.75 Å². The fourth-order valence-electron chi connectivity index (χ4n) is 5.68. The van der Waals surface area contributed by atoms with Crippen LogP contribution < -0.4 is 9.46 Å². The van der Waals surface area contributed by atoms with Crippen LogP contribution >= 0.6 is 0 Å². The van der Waals surface area contributed by atoms with Gasteiger partial charge >= 0.3 is 0 Å². The van der Waals surface area contributed by atoms with E-state index in [4.69, 9.17) is 4.74 Å². The highest BCUT2D eigenvalue weighted by molar-refractivity contribution is 7.92. The molecule has 3 heterocycles. The van der Waals surface area contributed by atoms with E-state index in [2.05, 4.69) is 14.8 Å². The van der Waals surface area contributed by atoms with E-state index < -0.39 is 31.7 Å². The number of anilines is 1. The number of nitrogens with zero attached hydrogens (tertiary/aromatic N) is 4. The molecule has 1 N–H and O–H groups in total. The van der Waals surface area contributed by atoms with Gasteiger partial charge in [-0.05, 0) is 74.9 Å². The van der Waals surface area contributed by atoms with E-state index in [-0.39, 0.29) is 28.3 Å². The average molecular weight is 692 g/mol. The van der Waals surface area contributed by atoms with Gasteiger partial charge in [-0.25, -0.2) is 34.6 Å². The molecule has 0 aliphatic heterocycles. The van der Waals surface area contributed by atoms with E-state index in [0.717, 1.165) is 34.0 Å². The Hall–Kier alpha value is -5.08. The summed E-state index contributed by atoms with van der Waals surface area (Å²) in [7, 11) is -6.33. The molecule has 0 radical (unpaired) electrons. The van der Waals surface area contributed by atoms with Gasteiger partial charge in [0.25, 0.3) is 10.0 Å². The minimum atomic E-state index is -4.12. The summed E-state index contributed by atoms with van der Waals surface area (Å²) in [6, 6.07) is 16.4. The van der Waals surface area contributed by atoms with Crippen LogP contribution in [0.2, 0.25) is 0 Å². The molecule has 6 aromatic rings. The summed E-state index contributed by atoms with van der Waals surface area (Å²) in [4.78, 5) is 4.68. The van der Waals surface area contributed by atoms with Crippen molar-refractivity contribution in [3.63, 3.8) is 0 Å². The van der Waals surface area contributed by atoms with Crippen LogP contribution in [0.15, 0.2) is 84.0 Å². The van der Waals surface area contributed by atoms with Crippen molar-refractivity contribution in [3.05, 3.63) is 113 Å². The number of hydrogen-bond donors (Lipinski definition) is 1. The van der Waals surface area contributed by atoms with Gasteiger partial charge in [0.15, 0.2) is 5.65 Å². The summed E-state index contributed by atoms with van der Waals surface area (Å²) >= 11 is 0. The highest BCUT2D eigenvalue weighted by Crippen LogP contribution is 2.39. The van der Waals surface area contributed by atoms with Crippen LogP contribution in [0.3, 0.4) is 0 Å². The molecule has 0 bridgehead atoms. The molecule has 10 nitrogen and oxygen atoms in total. The second-order valence-electron chi connectivity index (χ2n) is 11.5. The van der Waals surface area contributed by atoms with E-state index in [9.17, 15) is 25.6 Å². The Morgan fingerprint density at radius 3 is 2.31 bits per heavy atom. The molecular weight excluding hydrogens is 661 g/mol. The van der Waals surface area contributed by atoms with Crippen molar-refractivity contribution in [1.82, 2.24) is 18.7 Å². The lowest BCUT2D eigenvalue weighted by Gasteiger charge is -2.12. The maximum Gasteiger partial charge on any atom is 0.269 e. The summed E-state index contributed by atoms with van der Waals surface area (Å²) in [5, 5.41) is 5.09. The van der Waals surface area contributed by atoms with Crippen LogP contribution in [0.25, 0.3) is 33.3 Å². The number of pyridine rings is 1. The Balaban J connectivity index is 1.57. The Morgan fingerprint density at radius 1 is 0.896 bits per heavy atom. The smallest absolute Gasteiger partial charge is 0.269 e. The summed E-state index contributed by atoms with van der Waals surface area (Å²) < 4.78 is 91.2. The number of ether oxygens (including phenoxy) is 1. The lowest BCUT2D eigenvalue weighted by atomic mass is 10.0. The van der Waals surface area contributed by atoms with Crippen molar-refractivity contribution >= 4 is 36.8 Å². The maximum absolute atomic E-state index is 14.6. The third-order valence-electron chi connectivity index (χ3n) is 8.00. The molecule has 0 atom stereocenters. The number of sulfonamides is 1. The lowest BCUT2D eigenvalue weighted by molar-refractivity contribution is 0.417. The van der Waals surface area contributed by atoms with Gasteiger partial charge in [-0.1, -0.05) is 23.8 Å². The number of aromatic nitrogens is 4. The molecule has 0 saturated carbocycles. The molecular formula is C34H31F2N5O5S2. The second kappa shape index (κ2) is 12.2. The molecule has 0 fully saturated rings. The Morgan fingerprint density at radius 2 is 1.62 bits per heavy atom. The van der Waals surface area contributed by atoms with Crippen LogP contribution in [0, 0.1) is 32.4 Å². The van der Waals surface area contributed by atoms with Crippen molar-refractivity contribution in [3.8, 4) is 28.0 Å². The van der Waals surface area contributed by atoms with Gasteiger partial charge < -0.3 is 4.74 Å².